The van der Waals surface area contributed by atoms with Crippen LogP contribution in [-0.2, 0) is 5.41 Å². The molecule has 0 radical (unpaired) electrons. The van der Waals surface area contributed by atoms with Crippen molar-refractivity contribution in [2.75, 3.05) is 18.8 Å². The zero-order valence-corrected chi connectivity index (χ0v) is 16.1. The Kier molecular flexibility index (Phi) is 4.37. The van der Waals surface area contributed by atoms with Gasteiger partial charge in [-0.1, -0.05) is 62.2 Å². The molecule has 1 aliphatic rings. The van der Waals surface area contributed by atoms with Crippen LogP contribution in [0.5, 0.6) is 0 Å². The van der Waals surface area contributed by atoms with Crippen LogP contribution in [-0.4, -0.2) is 18.8 Å². The van der Waals surface area contributed by atoms with E-state index >= 15 is 0 Å². The average Bonchev–Trinajstić information content (AvgIpc) is 2.53. The molecule has 0 heterocycles. The predicted molar refractivity (Wildman–Crippen MR) is 110 cm³/mol. The second-order valence-corrected chi connectivity index (χ2v) is 11.8. The maximum atomic E-state index is 3.43. The number of allylic oxidation sites excluding steroid dienone is 1. The normalized spacial score (nSPS) is 16.5. The zero-order valence-electron chi connectivity index (χ0n) is 15.3. The summed E-state index contributed by atoms with van der Waals surface area (Å²) in [4.78, 5) is 0. The summed E-state index contributed by atoms with van der Waals surface area (Å²) in [6, 6.07) is 17.5. The molecule has 124 valence electrons. The average molecular weight is 335 g/mol. The Morgan fingerprint density at radius 3 is 2.33 bits per heavy atom. The molecule has 0 saturated heterocycles. The smallest absolute Gasteiger partial charge is 0.0260 e. The molecule has 0 bridgehead atoms. The summed E-state index contributed by atoms with van der Waals surface area (Å²) in [6.45, 7) is 4.66. The molecule has 0 saturated carbocycles. The van der Waals surface area contributed by atoms with Crippen molar-refractivity contribution in [2.24, 2.45) is 0 Å². The highest BCUT2D eigenvalue weighted by Crippen LogP contribution is 2.41. The quantitative estimate of drug-likeness (QED) is 0.578. The van der Waals surface area contributed by atoms with E-state index in [2.05, 4.69) is 98.4 Å². The standard InChI is InChI=1S/C23H26S/c1-23(2)15-13-20(19-9-7-6-8-10-19)21-17-18(11-12-22(21)23)14-16-24(3,4)5/h6-13,17H,15H2,1-5H3. The number of hydrogen-bond donors (Lipinski definition) is 0. The van der Waals surface area contributed by atoms with E-state index in [9.17, 15) is 0 Å². The fourth-order valence-electron chi connectivity index (χ4n) is 3.12. The Morgan fingerprint density at radius 1 is 0.958 bits per heavy atom. The maximum Gasteiger partial charge on any atom is 0.0260 e. The lowest BCUT2D eigenvalue weighted by molar-refractivity contribution is 0.527. The van der Waals surface area contributed by atoms with Crippen molar-refractivity contribution in [3.8, 4) is 11.2 Å². The minimum atomic E-state index is -0.808. The van der Waals surface area contributed by atoms with Crippen molar-refractivity contribution < 1.29 is 0 Å². The van der Waals surface area contributed by atoms with Crippen LogP contribution in [0, 0.1) is 11.2 Å². The molecule has 24 heavy (non-hydrogen) atoms. The fourth-order valence-corrected chi connectivity index (χ4v) is 3.54. The topological polar surface area (TPSA) is 0 Å². The summed E-state index contributed by atoms with van der Waals surface area (Å²) >= 11 is 0. The largest absolute Gasteiger partial charge is 0.186 e. The van der Waals surface area contributed by atoms with Gasteiger partial charge in [-0.15, -0.1) is 0 Å². The summed E-state index contributed by atoms with van der Waals surface area (Å²) in [5.41, 5.74) is 6.70. The van der Waals surface area contributed by atoms with Crippen molar-refractivity contribution in [1.82, 2.24) is 0 Å². The van der Waals surface area contributed by atoms with Crippen LogP contribution in [0.1, 0.15) is 42.5 Å². The molecule has 1 heteroatoms. The SMILES string of the molecule is CC1(C)CC=C(c2ccccc2)c2cc(C#CS(C)(C)C)ccc21. The van der Waals surface area contributed by atoms with Gasteiger partial charge < -0.3 is 0 Å². The minimum Gasteiger partial charge on any atom is -0.186 e. The van der Waals surface area contributed by atoms with Gasteiger partial charge >= 0.3 is 0 Å². The van der Waals surface area contributed by atoms with Crippen LogP contribution < -0.4 is 0 Å². The second kappa shape index (κ2) is 6.19. The molecule has 0 unspecified atom stereocenters. The van der Waals surface area contributed by atoms with Gasteiger partial charge in [-0.3, -0.25) is 0 Å². The van der Waals surface area contributed by atoms with E-state index in [0.717, 1.165) is 12.0 Å². The number of rotatable bonds is 1. The van der Waals surface area contributed by atoms with Crippen molar-refractivity contribution in [2.45, 2.75) is 25.7 Å². The summed E-state index contributed by atoms with van der Waals surface area (Å²) < 4.78 is 0. The summed E-state index contributed by atoms with van der Waals surface area (Å²) in [7, 11) is -0.808. The van der Waals surface area contributed by atoms with Crippen molar-refractivity contribution >= 4 is 15.6 Å². The Labute approximate surface area is 148 Å². The van der Waals surface area contributed by atoms with Crippen molar-refractivity contribution in [3.63, 3.8) is 0 Å². The Bertz CT molecular complexity index is 837. The van der Waals surface area contributed by atoms with Gasteiger partial charge in [0.2, 0.25) is 0 Å². The van der Waals surface area contributed by atoms with E-state index in [1.54, 1.807) is 0 Å². The fraction of sp³-hybridized carbons (Fsp3) is 0.304. The van der Waals surface area contributed by atoms with E-state index in [4.69, 9.17) is 0 Å². The molecular weight excluding hydrogens is 308 g/mol. The first-order chi connectivity index (χ1) is 11.3. The highest BCUT2D eigenvalue weighted by molar-refractivity contribution is 8.35. The van der Waals surface area contributed by atoms with Crippen molar-refractivity contribution in [1.29, 1.82) is 0 Å². The lowest BCUT2D eigenvalue weighted by Crippen LogP contribution is -2.21. The van der Waals surface area contributed by atoms with Crippen LogP contribution in [0.3, 0.4) is 0 Å². The van der Waals surface area contributed by atoms with Crippen LogP contribution in [0.4, 0.5) is 0 Å². The number of hydrogen-bond acceptors (Lipinski definition) is 0. The van der Waals surface area contributed by atoms with Gasteiger partial charge in [-0.2, -0.15) is 10.0 Å². The van der Waals surface area contributed by atoms with Gasteiger partial charge in [0.05, 0.1) is 0 Å². The molecule has 1 aliphatic carbocycles. The predicted octanol–water partition coefficient (Wildman–Crippen LogP) is 5.80. The van der Waals surface area contributed by atoms with Gasteiger partial charge in [0.1, 0.15) is 0 Å². The molecule has 2 aromatic carbocycles. The zero-order chi connectivity index (χ0) is 17.4. The molecule has 0 aliphatic heterocycles. The monoisotopic (exact) mass is 334 g/mol. The lowest BCUT2D eigenvalue weighted by Gasteiger charge is -2.32. The van der Waals surface area contributed by atoms with Crippen LogP contribution >= 0.6 is 10.0 Å². The van der Waals surface area contributed by atoms with Crippen LogP contribution in [0.25, 0.3) is 5.57 Å². The molecule has 0 N–H and O–H groups in total. The first kappa shape index (κ1) is 16.9. The summed E-state index contributed by atoms with van der Waals surface area (Å²) in [5, 5.41) is 3.43. The van der Waals surface area contributed by atoms with E-state index < -0.39 is 10.0 Å². The third-order valence-electron chi connectivity index (χ3n) is 4.44. The van der Waals surface area contributed by atoms with Crippen LogP contribution in [0.15, 0.2) is 54.6 Å². The molecule has 0 amide bonds. The third kappa shape index (κ3) is 3.60. The molecule has 0 spiro atoms. The van der Waals surface area contributed by atoms with Gasteiger partial charge in [0.25, 0.3) is 0 Å². The van der Waals surface area contributed by atoms with Gasteiger partial charge in [0.15, 0.2) is 0 Å². The molecule has 2 aromatic rings. The Hall–Kier alpha value is -1.91. The summed E-state index contributed by atoms with van der Waals surface area (Å²) in [6.07, 6.45) is 10.2. The van der Waals surface area contributed by atoms with Crippen LogP contribution in [0.2, 0.25) is 0 Å². The maximum absolute atomic E-state index is 3.43. The van der Waals surface area contributed by atoms with Gasteiger partial charge in [-0.25, -0.2) is 0 Å². The minimum absolute atomic E-state index is 0.175. The van der Waals surface area contributed by atoms with E-state index in [1.165, 1.54) is 22.3 Å². The Morgan fingerprint density at radius 2 is 1.67 bits per heavy atom. The van der Waals surface area contributed by atoms with E-state index in [1.807, 2.05) is 0 Å². The van der Waals surface area contributed by atoms with Gasteiger partial charge in [0, 0.05) is 5.56 Å². The molecular formula is C23H26S. The molecule has 0 aromatic heterocycles. The molecule has 0 fully saturated rings. The number of benzene rings is 2. The first-order valence-electron chi connectivity index (χ1n) is 8.38. The molecule has 0 atom stereocenters. The number of fused-ring (bicyclic) bond motifs is 1. The van der Waals surface area contributed by atoms with Crippen molar-refractivity contribution in [3.05, 3.63) is 76.9 Å². The molecule has 0 nitrogen and oxygen atoms in total. The lowest BCUT2D eigenvalue weighted by atomic mass is 9.72. The first-order valence-corrected chi connectivity index (χ1v) is 11.2. The summed E-state index contributed by atoms with van der Waals surface area (Å²) in [5.74, 6) is 3.39. The highest BCUT2D eigenvalue weighted by Gasteiger charge is 2.28. The highest BCUT2D eigenvalue weighted by atomic mass is 32.3. The molecule has 3 rings (SSSR count). The second-order valence-electron chi connectivity index (χ2n) is 7.90. The van der Waals surface area contributed by atoms with Gasteiger partial charge in [-0.05, 0) is 70.3 Å². The van der Waals surface area contributed by atoms with E-state index in [0.29, 0.717) is 0 Å². The Balaban J connectivity index is 2.13. The third-order valence-corrected chi connectivity index (χ3v) is 5.16. The van der Waals surface area contributed by atoms with E-state index in [-0.39, 0.29) is 5.41 Å².